The van der Waals surface area contributed by atoms with Crippen LogP contribution in [0.3, 0.4) is 0 Å². The van der Waals surface area contributed by atoms with Gasteiger partial charge in [0.2, 0.25) is 0 Å². The molecular formula is C36H40N4O3S. The maximum absolute atomic E-state index is 12.3. The quantitative estimate of drug-likeness (QED) is 0.145. The van der Waals surface area contributed by atoms with Gasteiger partial charge in [-0.2, -0.15) is 0 Å². The number of unbranched alkanes of at least 4 members (excludes halogenated alkanes) is 1. The van der Waals surface area contributed by atoms with E-state index in [2.05, 4.69) is 71.3 Å². The van der Waals surface area contributed by atoms with E-state index in [1.165, 1.54) is 10.5 Å². The zero-order chi connectivity index (χ0) is 31.4. The number of primary amides is 1. The second kappa shape index (κ2) is 13.5. The lowest BCUT2D eigenvalue weighted by Crippen LogP contribution is -2.12. The maximum atomic E-state index is 12.3. The van der Waals surface area contributed by atoms with Gasteiger partial charge in [-0.3, -0.25) is 9.59 Å². The van der Waals surface area contributed by atoms with Crippen LogP contribution < -0.4 is 10.5 Å². The SMILES string of the molecule is CC=C(CCCC(=O)CCCC)c1cc2c(cc(-c3ccc(-n4ccnc4C)cc3C)n2-c2ccc(C(N)=O)c(OC)c2)s1. The largest absolute Gasteiger partial charge is 0.496 e. The minimum Gasteiger partial charge on any atom is -0.496 e. The summed E-state index contributed by atoms with van der Waals surface area (Å²) in [5.41, 5.74) is 13.5. The number of hydrogen-bond acceptors (Lipinski definition) is 5. The molecule has 1 amide bonds. The van der Waals surface area contributed by atoms with Crippen LogP contribution >= 0.6 is 11.3 Å². The van der Waals surface area contributed by atoms with Crippen molar-refractivity contribution in [3.05, 3.63) is 88.8 Å². The molecule has 7 nitrogen and oxygen atoms in total. The number of ketones is 1. The molecule has 3 heterocycles. The average molecular weight is 609 g/mol. The van der Waals surface area contributed by atoms with Gasteiger partial charge in [0.1, 0.15) is 17.4 Å². The molecule has 0 saturated carbocycles. The first-order valence-corrected chi connectivity index (χ1v) is 16.0. The molecule has 2 N–H and O–H groups in total. The van der Waals surface area contributed by atoms with Gasteiger partial charge in [0.15, 0.2) is 0 Å². The number of allylic oxidation sites excluding steroid dienone is 2. The summed E-state index contributed by atoms with van der Waals surface area (Å²) in [6.45, 7) is 8.30. The summed E-state index contributed by atoms with van der Waals surface area (Å²) in [6, 6.07) is 16.4. The summed E-state index contributed by atoms with van der Waals surface area (Å²) in [5.74, 6) is 1.19. The van der Waals surface area contributed by atoms with Crippen molar-refractivity contribution in [3.8, 4) is 28.4 Å². The van der Waals surface area contributed by atoms with E-state index in [1.807, 2.05) is 31.5 Å². The summed E-state index contributed by atoms with van der Waals surface area (Å²) in [6.07, 6.45) is 11.0. The number of aromatic nitrogens is 3. The fourth-order valence-electron chi connectivity index (χ4n) is 5.77. The van der Waals surface area contributed by atoms with Crippen LogP contribution in [0.25, 0.3) is 38.4 Å². The number of rotatable bonds is 13. The van der Waals surface area contributed by atoms with Crippen molar-refractivity contribution < 1.29 is 14.3 Å². The van der Waals surface area contributed by atoms with E-state index in [1.54, 1.807) is 24.5 Å². The normalized spacial score (nSPS) is 11.8. The van der Waals surface area contributed by atoms with Crippen LogP contribution in [0.4, 0.5) is 0 Å². The third-order valence-electron chi connectivity index (χ3n) is 8.16. The number of hydrogen-bond donors (Lipinski definition) is 1. The van der Waals surface area contributed by atoms with Gasteiger partial charge in [0.25, 0.3) is 5.91 Å². The van der Waals surface area contributed by atoms with E-state index < -0.39 is 5.91 Å². The van der Waals surface area contributed by atoms with E-state index >= 15 is 0 Å². The fraction of sp³-hybridized carbons (Fsp3) is 0.306. The molecule has 0 bridgehead atoms. The molecule has 8 heteroatoms. The van der Waals surface area contributed by atoms with Gasteiger partial charge in [-0.15, -0.1) is 11.3 Å². The number of carbonyl (C=O) groups excluding carboxylic acids is 2. The van der Waals surface area contributed by atoms with E-state index in [0.717, 1.165) is 69.9 Å². The number of fused-ring (bicyclic) bond motifs is 1. The molecule has 0 radical (unpaired) electrons. The predicted octanol–water partition coefficient (Wildman–Crippen LogP) is 8.60. The summed E-state index contributed by atoms with van der Waals surface area (Å²) in [5, 5.41) is 0. The molecule has 0 fully saturated rings. The lowest BCUT2D eigenvalue weighted by molar-refractivity contribution is -0.119. The summed E-state index contributed by atoms with van der Waals surface area (Å²) in [4.78, 5) is 29.9. The Morgan fingerprint density at radius 2 is 1.77 bits per heavy atom. The minimum atomic E-state index is -0.531. The van der Waals surface area contributed by atoms with Crippen molar-refractivity contribution in [1.29, 1.82) is 0 Å². The number of ether oxygens (including phenoxy) is 1. The number of aryl methyl sites for hydroxylation is 2. The molecule has 0 atom stereocenters. The number of imidazole rings is 1. The molecule has 2 aromatic carbocycles. The molecule has 228 valence electrons. The van der Waals surface area contributed by atoms with Crippen LogP contribution in [0, 0.1) is 13.8 Å². The average Bonchev–Trinajstić information content (AvgIpc) is 3.72. The van der Waals surface area contributed by atoms with Gasteiger partial charge in [-0.1, -0.05) is 25.5 Å². The molecule has 5 aromatic rings. The molecule has 3 aromatic heterocycles. The smallest absolute Gasteiger partial charge is 0.252 e. The number of benzene rings is 2. The lowest BCUT2D eigenvalue weighted by atomic mass is 10.0. The minimum absolute atomic E-state index is 0.341. The zero-order valence-corrected chi connectivity index (χ0v) is 27.0. The third kappa shape index (κ3) is 6.26. The van der Waals surface area contributed by atoms with Crippen LogP contribution in [0.5, 0.6) is 5.75 Å². The fourth-order valence-corrected chi connectivity index (χ4v) is 6.95. The van der Waals surface area contributed by atoms with Crippen molar-refractivity contribution >= 4 is 38.8 Å². The van der Waals surface area contributed by atoms with Crippen molar-refractivity contribution in [2.24, 2.45) is 5.73 Å². The topological polar surface area (TPSA) is 92.1 Å². The first-order chi connectivity index (χ1) is 21.2. The molecule has 0 aliphatic heterocycles. The van der Waals surface area contributed by atoms with Crippen molar-refractivity contribution in [1.82, 2.24) is 14.1 Å². The van der Waals surface area contributed by atoms with Gasteiger partial charge in [0.05, 0.1) is 28.6 Å². The van der Waals surface area contributed by atoms with E-state index in [9.17, 15) is 9.59 Å². The molecule has 0 unspecified atom stereocenters. The van der Waals surface area contributed by atoms with Gasteiger partial charge >= 0.3 is 0 Å². The molecule has 0 spiro atoms. The summed E-state index contributed by atoms with van der Waals surface area (Å²) >= 11 is 1.76. The molecule has 0 aliphatic rings. The van der Waals surface area contributed by atoms with E-state index in [-0.39, 0.29) is 0 Å². The van der Waals surface area contributed by atoms with E-state index in [0.29, 0.717) is 29.9 Å². The molecule has 5 rings (SSSR count). The molecule has 44 heavy (non-hydrogen) atoms. The van der Waals surface area contributed by atoms with Crippen LogP contribution in [0.15, 0.2) is 67.0 Å². The molecule has 0 aliphatic carbocycles. The highest BCUT2D eigenvalue weighted by Crippen LogP contribution is 2.41. The van der Waals surface area contributed by atoms with Crippen molar-refractivity contribution in [3.63, 3.8) is 0 Å². The first-order valence-electron chi connectivity index (χ1n) is 15.2. The number of carbonyl (C=O) groups is 2. The van der Waals surface area contributed by atoms with Crippen LogP contribution in [0.1, 0.15) is 79.0 Å². The summed E-state index contributed by atoms with van der Waals surface area (Å²) < 4.78 is 11.0. The highest BCUT2D eigenvalue weighted by atomic mass is 32.1. The molecule has 0 saturated heterocycles. The lowest BCUT2D eigenvalue weighted by Gasteiger charge is -2.16. The Balaban J connectivity index is 1.58. The number of Topliss-reactive ketones (excluding diaryl/α,β-unsaturated/α-hetero) is 1. The monoisotopic (exact) mass is 608 g/mol. The van der Waals surface area contributed by atoms with Gasteiger partial charge in [-0.05, 0) is 87.6 Å². The predicted molar refractivity (Wildman–Crippen MR) is 180 cm³/mol. The van der Waals surface area contributed by atoms with Gasteiger partial charge < -0.3 is 19.6 Å². The molecular weight excluding hydrogens is 568 g/mol. The Labute approximate surface area is 263 Å². The number of nitrogens with zero attached hydrogens (tertiary/aromatic N) is 3. The second-order valence-electron chi connectivity index (χ2n) is 11.1. The zero-order valence-electron chi connectivity index (χ0n) is 26.1. The number of nitrogens with two attached hydrogens (primary N) is 1. The van der Waals surface area contributed by atoms with Crippen LogP contribution in [-0.4, -0.2) is 32.9 Å². The Hall–Kier alpha value is -4.43. The van der Waals surface area contributed by atoms with Gasteiger partial charge in [-0.25, -0.2) is 4.98 Å². The first kappa shape index (κ1) is 31.0. The Morgan fingerprint density at radius 1 is 1.00 bits per heavy atom. The number of thiophene rings is 1. The summed E-state index contributed by atoms with van der Waals surface area (Å²) in [7, 11) is 1.55. The Bertz CT molecular complexity index is 1860. The number of amides is 1. The second-order valence-corrected chi connectivity index (χ2v) is 12.2. The standard InChI is InChI=1S/C36H40N4O3S/c1-6-8-11-28(41)12-9-10-25(7-2)34-22-32-35(44-34)21-31(40(32)27-14-16-30(36(37)42)33(20-27)43-5)29-15-13-26(19-23(29)3)39-18-17-38-24(39)4/h7,13-22H,6,8-12H2,1-5H3,(H2,37,42). The Morgan fingerprint density at radius 3 is 2.43 bits per heavy atom. The highest BCUT2D eigenvalue weighted by Gasteiger charge is 2.20. The van der Waals surface area contributed by atoms with Crippen LogP contribution in [0.2, 0.25) is 0 Å². The maximum Gasteiger partial charge on any atom is 0.252 e. The Kier molecular flexibility index (Phi) is 9.49. The van der Waals surface area contributed by atoms with Gasteiger partial charge in [0, 0.05) is 53.1 Å². The van der Waals surface area contributed by atoms with Crippen molar-refractivity contribution in [2.75, 3.05) is 7.11 Å². The number of methoxy groups -OCH3 is 1. The van der Waals surface area contributed by atoms with Crippen LogP contribution in [-0.2, 0) is 4.79 Å². The van der Waals surface area contributed by atoms with Crippen molar-refractivity contribution in [2.45, 2.75) is 66.2 Å². The van der Waals surface area contributed by atoms with E-state index in [4.69, 9.17) is 10.5 Å². The third-order valence-corrected chi connectivity index (χ3v) is 9.31. The highest BCUT2D eigenvalue weighted by molar-refractivity contribution is 7.20.